The van der Waals surface area contributed by atoms with Gasteiger partial charge in [0.15, 0.2) is 0 Å². The third-order valence-corrected chi connectivity index (χ3v) is 8.15. The number of hydrogen-bond donors (Lipinski definition) is 4. The summed E-state index contributed by atoms with van der Waals surface area (Å²) in [5, 5.41) is 26.9. The maximum atomic E-state index is 13.8. The summed E-state index contributed by atoms with van der Waals surface area (Å²) in [7, 11) is 1.88. The zero-order valence-corrected chi connectivity index (χ0v) is 26.6. The standard InChI is InChI=1S/C34H43N11O/c1-3-8-30(11-7-15-37-33-40-22-28(17-35)32(43-33)39-20-26-14-16-36-18-26)45(34(46)41-19-25-9-5-4-6-10-25)31-13-12-27(21-38-31)29-23-42-44(2)24-29/h4-6,9-10,12-13,21-24,26,30,36H,3,7-8,11,14-16,18-20H2,1-2H3,(H,41,46)(H2,37,39,40,43)/t26?,30-/m0/s1. The van der Waals surface area contributed by atoms with Gasteiger partial charge in [-0.05, 0) is 62.4 Å². The van der Waals surface area contributed by atoms with Crippen molar-refractivity contribution in [2.75, 3.05) is 41.7 Å². The Balaban J connectivity index is 1.26. The van der Waals surface area contributed by atoms with Crippen LogP contribution in [-0.2, 0) is 13.6 Å². The first-order valence-electron chi connectivity index (χ1n) is 16.1. The quantitative estimate of drug-likeness (QED) is 0.135. The number of aromatic nitrogens is 5. The smallest absolute Gasteiger partial charge is 0.323 e. The minimum atomic E-state index is -0.180. The summed E-state index contributed by atoms with van der Waals surface area (Å²) >= 11 is 0. The van der Waals surface area contributed by atoms with Crippen LogP contribution in [0, 0.1) is 17.2 Å². The first kappa shape index (κ1) is 32.4. The normalized spacial score (nSPS) is 14.8. The number of carbonyl (C=O) groups excluding carboxylic acids is 1. The van der Waals surface area contributed by atoms with Gasteiger partial charge in [-0.25, -0.2) is 14.8 Å². The highest BCUT2D eigenvalue weighted by Gasteiger charge is 2.26. The Hall–Kier alpha value is -5.02. The monoisotopic (exact) mass is 621 g/mol. The lowest BCUT2D eigenvalue weighted by Gasteiger charge is -2.31. The molecule has 12 heteroatoms. The predicted molar refractivity (Wildman–Crippen MR) is 180 cm³/mol. The van der Waals surface area contributed by atoms with E-state index in [2.05, 4.69) is 49.3 Å². The van der Waals surface area contributed by atoms with Gasteiger partial charge >= 0.3 is 6.03 Å². The first-order valence-corrected chi connectivity index (χ1v) is 16.1. The summed E-state index contributed by atoms with van der Waals surface area (Å²) in [5.74, 6) is 2.15. The van der Waals surface area contributed by atoms with Gasteiger partial charge in [0.1, 0.15) is 23.3 Å². The van der Waals surface area contributed by atoms with E-state index in [9.17, 15) is 10.1 Å². The molecule has 2 amide bonds. The Labute approximate surface area is 270 Å². The molecule has 240 valence electrons. The molecule has 12 nitrogen and oxygen atoms in total. The number of carbonyl (C=O) groups is 1. The van der Waals surface area contributed by atoms with Crippen molar-refractivity contribution in [1.82, 2.24) is 35.4 Å². The molecule has 1 fully saturated rings. The van der Waals surface area contributed by atoms with Gasteiger partial charge in [-0.3, -0.25) is 9.58 Å². The number of nitrogens with zero attached hydrogens (tertiary/aromatic N) is 7. The summed E-state index contributed by atoms with van der Waals surface area (Å²) in [6.45, 7) is 5.92. The zero-order valence-electron chi connectivity index (χ0n) is 26.6. The Morgan fingerprint density at radius 3 is 2.67 bits per heavy atom. The van der Waals surface area contributed by atoms with Crippen LogP contribution in [0.2, 0.25) is 0 Å². The van der Waals surface area contributed by atoms with Gasteiger partial charge in [0.25, 0.3) is 0 Å². The summed E-state index contributed by atoms with van der Waals surface area (Å²) in [6, 6.07) is 15.7. The second kappa shape index (κ2) is 16.3. The molecule has 1 saturated heterocycles. The number of amides is 2. The van der Waals surface area contributed by atoms with Gasteiger partial charge < -0.3 is 21.3 Å². The average molecular weight is 622 g/mol. The molecule has 4 N–H and O–H groups in total. The molecular weight excluding hydrogens is 578 g/mol. The fourth-order valence-electron chi connectivity index (χ4n) is 5.67. The zero-order chi connectivity index (χ0) is 32.1. The Morgan fingerprint density at radius 2 is 1.98 bits per heavy atom. The van der Waals surface area contributed by atoms with E-state index in [1.165, 1.54) is 0 Å². The highest BCUT2D eigenvalue weighted by atomic mass is 16.2. The van der Waals surface area contributed by atoms with Crippen LogP contribution in [0.25, 0.3) is 11.1 Å². The summed E-state index contributed by atoms with van der Waals surface area (Å²) in [6.07, 6.45) is 11.5. The minimum Gasteiger partial charge on any atom is -0.368 e. The number of nitriles is 1. The Morgan fingerprint density at radius 1 is 1.11 bits per heavy atom. The van der Waals surface area contributed by atoms with Crippen LogP contribution < -0.4 is 26.2 Å². The molecule has 46 heavy (non-hydrogen) atoms. The lowest BCUT2D eigenvalue weighted by atomic mass is 10.0. The average Bonchev–Trinajstić information content (AvgIpc) is 3.78. The molecule has 1 aliphatic heterocycles. The molecular formula is C34H43N11O. The van der Waals surface area contributed by atoms with Gasteiger partial charge in [0.2, 0.25) is 5.95 Å². The van der Waals surface area contributed by atoms with Crippen molar-refractivity contribution in [3.63, 3.8) is 0 Å². The van der Waals surface area contributed by atoms with E-state index in [4.69, 9.17) is 4.98 Å². The van der Waals surface area contributed by atoms with Crippen molar-refractivity contribution in [3.05, 3.63) is 78.4 Å². The number of rotatable bonds is 15. The van der Waals surface area contributed by atoms with Gasteiger partial charge in [-0.15, -0.1) is 0 Å². The van der Waals surface area contributed by atoms with Crippen LogP contribution >= 0.6 is 0 Å². The van der Waals surface area contributed by atoms with E-state index in [1.807, 2.05) is 55.7 Å². The third-order valence-electron chi connectivity index (χ3n) is 8.15. The molecule has 0 radical (unpaired) electrons. The molecule has 4 heterocycles. The van der Waals surface area contributed by atoms with Gasteiger partial charge in [-0.1, -0.05) is 43.7 Å². The lowest BCUT2D eigenvalue weighted by molar-refractivity contribution is 0.242. The van der Waals surface area contributed by atoms with Crippen LogP contribution in [0.1, 0.15) is 50.2 Å². The van der Waals surface area contributed by atoms with E-state index in [-0.39, 0.29) is 12.1 Å². The highest BCUT2D eigenvalue weighted by Crippen LogP contribution is 2.25. The predicted octanol–water partition coefficient (Wildman–Crippen LogP) is 4.94. The van der Waals surface area contributed by atoms with Crippen LogP contribution in [0.3, 0.4) is 0 Å². The second-order valence-corrected chi connectivity index (χ2v) is 11.6. The van der Waals surface area contributed by atoms with E-state index in [0.29, 0.717) is 42.2 Å². The lowest BCUT2D eigenvalue weighted by Crippen LogP contribution is -2.47. The van der Waals surface area contributed by atoms with Crippen LogP contribution in [0.5, 0.6) is 0 Å². The van der Waals surface area contributed by atoms with Crippen molar-refractivity contribution < 1.29 is 4.79 Å². The number of pyridine rings is 1. The Bertz CT molecular complexity index is 1580. The summed E-state index contributed by atoms with van der Waals surface area (Å²) in [5.41, 5.74) is 3.37. The molecule has 1 aliphatic rings. The molecule has 2 atom stereocenters. The van der Waals surface area contributed by atoms with E-state index >= 15 is 0 Å². The van der Waals surface area contributed by atoms with Gasteiger partial charge in [0.05, 0.1) is 12.4 Å². The van der Waals surface area contributed by atoms with Crippen LogP contribution in [0.15, 0.2) is 67.3 Å². The number of hydrogen-bond acceptors (Lipinski definition) is 9. The molecule has 0 bridgehead atoms. The number of anilines is 3. The molecule has 0 saturated carbocycles. The fourth-order valence-corrected chi connectivity index (χ4v) is 5.67. The van der Waals surface area contributed by atoms with Crippen molar-refractivity contribution in [1.29, 1.82) is 5.26 Å². The molecule has 5 rings (SSSR count). The maximum Gasteiger partial charge on any atom is 0.323 e. The van der Waals surface area contributed by atoms with E-state index in [0.717, 1.165) is 68.4 Å². The number of benzene rings is 1. The molecule has 0 spiro atoms. The van der Waals surface area contributed by atoms with Crippen molar-refractivity contribution in [3.8, 4) is 17.2 Å². The second-order valence-electron chi connectivity index (χ2n) is 11.6. The van der Waals surface area contributed by atoms with Gasteiger partial charge in [0, 0.05) is 56.2 Å². The molecule has 1 aromatic carbocycles. The van der Waals surface area contributed by atoms with E-state index < -0.39 is 0 Å². The largest absolute Gasteiger partial charge is 0.368 e. The third kappa shape index (κ3) is 8.79. The van der Waals surface area contributed by atoms with Crippen molar-refractivity contribution in [2.45, 2.75) is 51.6 Å². The van der Waals surface area contributed by atoms with Gasteiger partial charge in [-0.2, -0.15) is 15.3 Å². The number of aryl methyl sites for hydroxylation is 1. The highest BCUT2D eigenvalue weighted by molar-refractivity contribution is 5.91. The van der Waals surface area contributed by atoms with E-state index in [1.54, 1.807) is 28.2 Å². The molecule has 3 aromatic heterocycles. The van der Waals surface area contributed by atoms with Crippen molar-refractivity contribution >= 4 is 23.6 Å². The Kier molecular flexibility index (Phi) is 11.5. The SMILES string of the molecule is CCC[C@@H](CCCNc1ncc(C#N)c(NCC2CCNC2)n1)N(C(=O)NCc1ccccc1)c1ccc(-c2cnn(C)c2)cn1. The summed E-state index contributed by atoms with van der Waals surface area (Å²) < 4.78 is 1.76. The first-order chi connectivity index (χ1) is 22.5. The topological polar surface area (TPSA) is 149 Å². The molecule has 1 unspecified atom stereocenters. The molecule has 4 aromatic rings. The van der Waals surface area contributed by atoms with Crippen LogP contribution in [-0.4, -0.2) is 63.0 Å². The maximum absolute atomic E-state index is 13.8. The minimum absolute atomic E-state index is 0.0709. The number of nitrogens with one attached hydrogen (secondary N) is 4. The summed E-state index contributed by atoms with van der Waals surface area (Å²) in [4.78, 5) is 29.3. The number of urea groups is 1. The molecule has 0 aliphatic carbocycles. The fraction of sp³-hybridized carbons (Fsp3) is 0.412. The van der Waals surface area contributed by atoms with Crippen molar-refractivity contribution in [2.24, 2.45) is 13.0 Å². The van der Waals surface area contributed by atoms with Crippen LogP contribution in [0.4, 0.5) is 22.4 Å².